The maximum absolute atomic E-state index is 13.2. The molecular formula is C64H119NO10. The number of nitrogens with one attached hydrogen (secondary N) is 1. The standard InChI is InChI=1S/C64H119NO10/c1-3-5-7-9-11-13-15-17-19-21-23-25-26-27-28-29-30-31-32-34-36-38-40-42-44-46-48-50-52-57(68)63(73)65-55(54-74-64-62(72)61(71)60(70)58(53-66)75-64)59(69)56(67)51-49-47-45-43-41-39-37-35-33-24-22-20-18-16-14-12-10-8-6-4-2/h20,22,27-28,35,37,43,45,55-62,64,66-72H,3-19,21,23-26,29-34,36,38-42,44,46-54H2,1-2H3,(H,65,73)/b22-20+,28-27-,37-35+,45-43+. The van der Waals surface area contributed by atoms with Gasteiger partial charge in [0.05, 0.1) is 25.4 Å². The Morgan fingerprint density at radius 3 is 1.19 bits per heavy atom. The molecule has 1 rings (SSSR count). The second-order valence-corrected chi connectivity index (χ2v) is 22.1. The zero-order valence-corrected chi connectivity index (χ0v) is 48.3. The van der Waals surface area contributed by atoms with E-state index in [9.17, 15) is 40.5 Å². The van der Waals surface area contributed by atoms with Gasteiger partial charge < -0.3 is 50.5 Å². The summed E-state index contributed by atoms with van der Waals surface area (Å²) >= 11 is 0. The predicted octanol–water partition coefficient (Wildman–Crippen LogP) is 14.0. The van der Waals surface area contributed by atoms with Crippen molar-refractivity contribution in [1.29, 1.82) is 0 Å². The lowest BCUT2D eigenvalue weighted by Crippen LogP contribution is -2.60. The largest absolute Gasteiger partial charge is 0.394 e. The molecular weight excluding hydrogens is 943 g/mol. The van der Waals surface area contributed by atoms with Crippen LogP contribution in [-0.4, -0.2) is 110 Å². The van der Waals surface area contributed by atoms with Crippen molar-refractivity contribution >= 4 is 5.91 Å². The summed E-state index contributed by atoms with van der Waals surface area (Å²) in [6.45, 7) is 3.46. The van der Waals surface area contributed by atoms with Gasteiger partial charge in [-0.25, -0.2) is 0 Å². The molecule has 440 valence electrons. The molecule has 8 N–H and O–H groups in total. The fourth-order valence-electron chi connectivity index (χ4n) is 9.94. The van der Waals surface area contributed by atoms with Gasteiger partial charge in [-0.05, 0) is 89.9 Å². The molecule has 0 aliphatic carbocycles. The van der Waals surface area contributed by atoms with E-state index in [4.69, 9.17) is 9.47 Å². The Hall–Kier alpha value is -1.93. The normalized spacial score (nSPS) is 20.0. The van der Waals surface area contributed by atoms with Gasteiger partial charge in [0.15, 0.2) is 6.29 Å². The minimum atomic E-state index is -1.67. The van der Waals surface area contributed by atoms with Gasteiger partial charge in [0.1, 0.15) is 36.6 Å². The van der Waals surface area contributed by atoms with Crippen LogP contribution in [0.2, 0.25) is 0 Å². The van der Waals surface area contributed by atoms with E-state index in [0.29, 0.717) is 19.3 Å². The number of aliphatic hydroxyl groups is 7. The number of allylic oxidation sites excluding steroid dienone is 8. The molecule has 1 aliphatic heterocycles. The van der Waals surface area contributed by atoms with Crippen LogP contribution in [0.5, 0.6) is 0 Å². The highest BCUT2D eigenvalue weighted by atomic mass is 16.7. The van der Waals surface area contributed by atoms with Crippen LogP contribution >= 0.6 is 0 Å². The topological polar surface area (TPSA) is 189 Å². The summed E-state index contributed by atoms with van der Waals surface area (Å²) in [6, 6.07) is -1.20. The lowest BCUT2D eigenvalue weighted by atomic mass is 9.98. The van der Waals surface area contributed by atoms with Crippen LogP contribution in [0, 0.1) is 0 Å². The van der Waals surface area contributed by atoms with Crippen molar-refractivity contribution in [3.63, 3.8) is 0 Å². The third kappa shape index (κ3) is 40.9. The van der Waals surface area contributed by atoms with Gasteiger partial charge in [-0.15, -0.1) is 0 Å². The van der Waals surface area contributed by atoms with E-state index in [1.165, 1.54) is 193 Å². The Labute approximate surface area is 459 Å². The maximum Gasteiger partial charge on any atom is 0.249 e. The van der Waals surface area contributed by atoms with E-state index in [2.05, 4.69) is 67.8 Å². The van der Waals surface area contributed by atoms with E-state index < -0.39 is 74.2 Å². The number of hydrogen-bond donors (Lipinski definition) is 8. The van der Waals surface area contributed by atoms with Crippen LogP contribution in [0.1, 0.15) is 284 Å². The van der Waals surface area contributed by atoms with Crippen molar-refractivity contribution in [2.24, 2.45) is 0 Å². The summed E-state index contributed by atoms with van der Waals surface area (Å²) in [5.41, 5.74) is 0. The highest BCUT2D eigenvalue weighted by Gasteiger charge is 2.44. The first-order chi connectivity index (χ1) is 36.7. The molecule has 1 saturated heterocycles. The Balaban J connectivity index is 2.28. The second-order valence-electron chi connectivity index (χ2n) is 22.1. The summed E-state index contributed by atoms with van der Waals surface area (Å²) in [4.78, 5) is 13.2. The van der Waals surface area contributed by atoms with Gasteiger partial charge in [0.2, 0.25) is 5.91 Å². The number of amides is 1. The van der Waals surface area contributed by atoms with Crippen LogP contribution in [0.4, 0.5) is 0 Å². The number of carbonyl (C=O) groups excluding carboxylic acids is 1. The van der Waals surface area contributed by atoms with E-state index >= 15 is 0 Å². The van der Waals surface area contributed by atoms with Crippen LogP contribution in [-0.2, 0) is 14.3 Å². The number of aliphatic hydroxyl groups excluding tert-OH is 7. The van der Waals surface area contributed by atoms with Crippen LogP contribution < -0.4 is 5.32 Å². The minimum absolute atomic E-state index is 0.241. The highest BCUT2D eigenvalue weighted by Crippen LogP contribution is 2.23. The van der Waals surface area contributed by atoms with Crippen LogP contribution in [0.25, 0.3) is 0 Å². The average Bonchev–Trinajstić information content (AvgIpc) is 3.41. The first-order valence-electron chi connectivity index (χ1n) is 31.5. The molecule has 0 aromatic heterocycles. The van der Waals surface area contributed by atoms with Crippen molar-refractivity contribution in [2.45, 2.75) is 339 Å². The monoisotopic (exact) mass is 1060 g/mol. The van der Waals surface area contributed by atoms with Gasteiger partial charge in [-0.2, -0.15) is 0 Å². The van der Waals surface area contributed by atoms with Crippen LogP contribution in [0.3, 0.4) is 0 Å². The zero-order valence-electron chi connectivity index (χ0n) is 48.3. The smallest absolute Gasteiger partial charge is 0.249 e. The SMILES string of the molecule is CCCCCCCCC/C=C/CC/C=C/CC/C=C/CCCC(O)C(O)C(COC1OC(CO)C(O)C(O)C1O)NC(=O)C(O)CCCCCCCCCCCCCC/C=C\CCCCCCCCCCCCCC. The molecule has 11 nitrogen and oxygen atoms in total. The quantitative estimate of drug-likeness (QED) is 0.0215. The molecule has 1 amide bonds. The molecule has 9 unspecified atom stereocenters. The van der Waals surface area contributed by atoms with Gasteiger partial charge in [0.25, 0.3) is 0 Å². The Morgan fingerprint density at radius 2 is 0.800 bits per heavy atom. The first kappa shape index (κ1) is 71.1. The molecule has 0 bridgehead atoms. The number of rotatable bonds is 54. The minimum Gasteiger partial charge on any atom is -0.394 e. The van der Waals surface area contributed by atoms with Crippen molar-refractivity contribution in [1.82, 2.24) is 5.32 Å². The molecule has 75 heavy (non-hydrogen) atoms. The fourth-order valence-corrected chi connectivity index (χ4v) is 9.94. The van der Waals surface area contributed by atoms with E-state index in [-0.39, 0.29) is 12.8 Å². The van der Waals surface area contributed by atoms with E-state index in [1.54, 1.807) is 0 Å². The highest BCUT2D eigenvalue weighted by molar-refractivity contribution is 5.80. The molecule has 0 aromatic rings. The molecule has 0 spiro atoms. The Morgan fingerprint density at radius 1 is 0.453 bits per heavy atom. The second kappa shape index (κ2) is 52.8. The Bertz CT molecular complexity index is 1360. The molecule has 0 saturated carbocycles. The van der Waals surface area contributed by atoms with Gasteiger partial charge in [0, 0.05) is 0 Å². The molecule has 1 heterocycles. The van der Waals surface area contributed by atoms with E-state index in [0.717, 1.165) is 44.9 Å². The van der Waals surface area contributed by atoms with Crippen LogP contribution in [0.15, 0.2) is 48.6 Å². The zero-order chi connectivity index (χ0) is 54.7. The lowest BCUT2D eigenvalue weighted by molar-refractivity contribution is -0.303. The first-order valence-corrected chi connectivity index (χ1v) is 31.5. The average molecular weight is 1060 g/mol. The molecule has 1 fully saturated rings. The molecule has 0 radical (unpaired) electrons. The Kier molecular flexibility index (Phi) is 50.0. The maximum atomic E-state index is 13.2. The predicted molar refractivity (Wildman–Crippen MR) is 311 cm³/mol. The molecule has 9 atom stereocenters. The van der Waals surface area contributed by atoms with Gasteiger partial charge in [-0.3, -0.25) is 4.79 Å². The number of unbranched alkanes of at least 4 members (excludes halogenated alkanes) is 34. The van der Waals surface area contributed by atoms with E-state index in [1.807, 2.05) is 0 Å². The molecule has 1 aliphatic rings. The number of ether oxygens (including phenoxy) is 2. The summed E-state index contributed by atoms with van der Waals surface area (Å²) < 4.78 is 11.1. The summed E-state index contributed by atoms with van der Waals surface area (Å²) in [6.07, 6.45) is 56.0. The third-order valence-corrected chi connectivity index (χ3v) is 15.1. The fraction of sp³-hybridized carbons (Fsp3) is 0.859. The summed E-state index contributed by atoms with van der Waals surface area (Å²) in [5, 5.41) is 76.2. The summed E-state index contributed by atoms with van der Waals surface area (Å²) in [5.74, 6) is -0.711. The molecule has 11 heteroatoms. The van der Waals surface area contributed by atoms with Crippen molar-refractivity contribution in [3.8, 4) is 0 Å². The number of hydrogen-bond acceptors (Lipinski definition) is 10. The molecule has 0 aromatic carbocycles. The summed E-state index contributed by atoms with van der Waals surface area (Å²) in [7, 11) is 0. The van der Waals surface area contributed by atoms with Gasteiger partial charge in [-0.1, -0.05) is 242 Å². The van der Waals surface area contributed by atoms with Crippen molar-refractivity contribution < 1.29 is 50.0 Å². The number of carbonyl (C=O) groups is 1. The lowest BCUT2D eigenvalue weighted by Gasteiger charge is -2.40. The van der Waals surface area contributed by atoms with Crippen molar-refractivity contribution in [2.75, 3.05) is 13.2 Å². The third-order valence-electron chi connectivity index (χ3n) is 15.1. The van der Waals surface area contributed by atoms with Gasteiger partial charge >= 0.3 is 0 Å². The van der Waals surface area contributed by atoms with Crippen molar-refractivity contribution in [3.05, 3.63) is 48.6 Å².